The van der Waals surface area contributed by atoms with E-state index in [9.17, 15) is 4.79 Å². The first-order chi connectivity index (χ1) is 6.27. The number of aliphatic carboxylic acids is 1. The molecule has 0 saturated heterocycles. The molecule has 0 unspecified atom stereocenters. The van der Waals surface area contributed by atoms with Gasteiger partial charge in [-0.25, -0.2) is 0 Å². The Morgan fingerprint density at radius 3 is 3.23 bits per heavy atom. The van der Waals surface area contributed by atoms with Crippen LogP contribution < -0.4 is 0 Å². The minimum Gasteiger partial charge on any atom is -0.481 e. The topological polar surface area (TPSA) is 72.6 Å². The minimum atomic E-state index is -0.912. The molecule has 5 nitrogen and oxygen atoms in total. The van der Waals surface area contributed by atoms with Gasteiger partial charge in [0.1, 0.15) is 6.42 Å². The summed E-state index contributed by atoms with van der Waals surface area (Å²) >= 11 is 0. The van der Waals surface area contributed by atoms with E-state index in [2.05, 4.69) is 5.16 Å². The van der Waals surface area contributed by atoms with Crippen LogP contribution in [0.1, 0.15) is 17.0 Å². The van der Waals surface area contributed by atoms with Crippen LogP contribution in [0.3, 0.4) is 0 Å². The van der Waals surface area contributed by atoms with Crippen molar-refractivity contribution in [1.29, 1.82) is 0 Å². The molecule has 0 aliphatic carbocycles. The molecule has 1 aliphatic rings. The third kappa shape index (κ3) is 1.55. The summed E-state index contributed by atoms with van der Waals surface area (Å²) in [6, 6.07) is 0. The highest BCUT2D eigenvalue weighted by Crippen LogP contribution is 2.20. The smallest absolute Gasteiger partial charge is 0.311 e. The summed E-state index contributed by atoms with van der Waals surface area (Å²) in [6.07, 6.45) is 0.587. The van der Waals surface area contributed by atoms with E-state index in [1.54, 1.807) is 0 Å². The van der Waals surface area contributed by atoms with Crippen molar-refractivity contribution in [2.75, 3.05) is 6.61 Å². The summed E-state index contributed by atoms with van der Waals surface area (Å²) in [4.78, 5) is 10.4. The van der Waals surface area contributed by atoms with Gasteiger partial charge in [0.2, 0.25) is 0 Å². The number of carbonyl (C=O) groups is 1. The summed E-state index contributed by atoms with van der Waals surface area (Å²) in [7, 11) is 0. The average Bonchev–Trinajstić information content (AvgIpc) is 2.48. The molecule has 0 fully saturated rings. The quantitative estimate of drug-likeness (QED) is 0.717. The van der Waals surface area contributed by atoms with Crippen molar-refractivity contribution in [3.8, 4) is 0 Å². The fraction of sp³-hybridized carbons (Fsp3) is 0.500. The van der Waals surface area contributed by atoms with E-state index >= 15 is 0 Å². The maximum Gasteiger partial charge on any atom is 0.311 e. The zero-order valence-corrected chi connectivity index (χ0v) is 6.95. The van der Waals surface area contributed by atoms with Crippen LogP contribution in [-0.4, -0.2) is 22.8 Å². The first-order valence-corrected chi connectivity index (χ1v) is 4.03. The summed E-state index contributed by atoms with van der Waals surface area (Å²) in [5, 5.41) is 12.3. The Kier molecular flexibility index (Phi) is 2.02. The van der Waals surface area contributed by atoms with Crippen LogP contribution >= 0.6 is 0 Å². The standard InChI is InChI=1S/C8H9NO4/c10-8(11)3-7-5-4-12-2-1-6(5)9-13-7/h1-4H2,(H,10,11). The Hall–Kier alpha value is -1.36. The predicted molar refractivity (Wildman–Crippen MR) is 41.2 cm³/mol. The minimum absolute atomic E-state index is 0.119. The van der Waals surface area contributed by atoms with Gasteiger partial charge in [0.05, 0.1) is 18.9 Å². The maximum atomic E-state index is 10.4. The van der Waals surface area contributed by atoms with Gasteiger partial charge in [-0.2, -0.15) is 0 Å². The van der Waals surface area contributed by atoms with Crippen LogP contribution in [0.15, 0.2) is 4.52 Å². The maximum absolute atomic E-state index is 10.4. The van der Waals surface area contributed by atoms with E-state index in [1.807, 2.05) is 0 Å². The average molecular weight is 183 g/mol. The first kappa shape index (κ1) is 8.25. The Morgan fingerprint density at radius 2 is 2.46 bits per heavy atom. The van der Waals surface area contributed by atoms with Crippen molar-refractivity contribution >= 4 is 5.97 Å². The van der Waals surface area contributed by atoms with Gasteiger partial charge in [0.15, 0.2) is 5.76 Å². The van der Waals surface area contributed by atoms with Crippen molar-refractivity contribution in [3.05, 3.63) is 17.0 Å². The van der Waals surface area contributed by atoms with Gasteiger partial charge < -0.3 is 14.4 Å². The molecule has 70 valence electrons. The second kappa shape index (κ2) is 3.18. The van der Waals surface area contributed by atoms with Gasteiger partial charge in [0.25, 0.3) is 0 Å². The molecule has 5 heteroatoms. The molecule has 0 aromatic carbocycles. The van der Waals surface area contributed by atoms with E-state index in [0.717, 1.165) is 11.3 Å². The monoisotopic (exact) mass is 183 g/mol. The number of rotatable bonds is 2. The summed E-state index contributed by atoms with van der Waals surface area (Å²) in [5.41, 5.74) is 1.65. The fourth-order valence-corrected chi connectivity index (χ4v) is 1.36. The second-order valence-corrected chi connectivity index (χ2v) is 2.90. The Balaban J connectivity index is 2.26. The zero-order chi connectivity index (χ0) is 9.26. The van der Waals surface area contributed by atoms with Gasteiger partial charge in [-0.05, 0) is 0 Å². The van der Waals surface area contributed by atoms with E-state index in [1.165, 1.54) is 0 Å². The van der Waals surface area contributed by atoms with Crippen molar-refractivity contribution in [2.24, 2.45) is 0 Å². The van der Waals surface area contributed by atoms with Crippen molar-refractivity contribution < 1.29 is 19.2 Å². The summed E-state index contributed by atoms with van der Waals surface area (Å²) in [5.74, 6) is -0.494. The van der Waals surface area contributed by atoms with Crippen LogP contribution in [0.4, 0.5) is 0 Å². The second-order valence-electron chi connectivity index (χ2n) is 2.90. The van der Waals surface area contributed by atoms with Crippen molar-refractivity contribution in [1.82, 2.24) is 5.16 Å². The number of carboxylic acids is 1. The highest BCUT2D eigenvalue weighted by Gasteiger charge is 2.20. The van der Waals surface area contributed by atoms with Crippen LogP contribution in [0.25, 0.3) is 0 Å². The van der Waals surface area contributed by atoms with Gasteiger partial charge in [0, 0.05) is 12.0 Å². The van der Waals surface area contributed by atoms with Gasteiger partial charge in [-0.1, -0.05) is 5.16 Å². The van der Waals surface area contributed by atoms with E-state index in [-0.39, 0.29) is 6.42 Å². The molecule has 13 heavy (non-hydrogen) atoms. The number of hydrogen-bond acceptors (Lipinski definition) is 4. The number of nitrogens with zero attached hydrogens (tertiary/aromatic N) is 1. The highest BCUT2D eigenvalue weighted by atomic mass is 16.5. The van der Waals surface area contributed by atoms with Crippen LogP contribution in [-0.2, 0) is 29.0 Å². The molecule has 1 N–H and O–H groups in total. The molecule has 0 radical (unpaired) electrons. The summed E-state index contributed by atoms with van der Waals surface area (Å²) < 4.78 is 10.1. The zero-order valence-electron chi connectivity index (χ0n) is 6.95. The molecule has 1 aromatic heterocycles. The normalized spacial score (nSPS) is 15.4. The fourth-order valence-electron chi connectivity index (χ4n) is 1.36. The van der Waals surface area contributed by atoms with E-state index < -0.39 is 5.97 Å². The molecule has 0 atom stereocenters. The van der Waals surface area contributed by atoms with Gasteiger partial charge in [-0.3, -0.25) is 4.79 Å². The Bertz CT molecular complexity index is 331. The molecule has 0 amide bonds. The SMILES string of the molecule is O=C(O)Cc1onc2c1COCC2. The highest BCUT2D eigenvalue weighted by molar-refractivity contribution is 5.69. The third-order valence-electron chi connectivity index (χ3n) is 1.99. The lowest BCUT2D eigenvalue weighted by Gasteiger charge is -2.09. The lowest BCUT2D eigenvalue weighted by Crippen LogP contribution is -2.11. The van der Waals surface area contributed by atoms with Crippen LogP contribution in [0, 0.1) is 0 Å². The Morgan fingerprint density at radius 1 is 1.62 bits per heavy atom. The summed E-state index contributed by atoms with van der Waals surface area (Å²) in [6.45, 7) is 1.05. The molecule has 1 aromatic rings. The predicted octanol–water partition coefficient (Wildman–Crippen LogP) is 0.374. The van der Waals surface area contributed by atoms with Gasteiger partial charge in [-0.15, -0.1) is 0 Å². The van der Waals surface area contributed by atoms with Crippen LogP contribution in [0.2, 0.25) is 0 Å². The first-order valence-electron chi connectivity index (χ1n) is 4.03. The van der Waals surface area contributed by atoms with Gasteiger partial charge >= 0.3 is 5.97 Å². The largest absolute Gasteiger partial charge is 0.481 e. The van der Waals surface area contributed by atoms with Crippen molar-refractivity contribution in [3.63, 3.8) is 0 Å². The van der Waals surface area contributed by atoms with Crippen molar-refractivity contribution in [2.45, 2.75) is 19.4 Å². The number of carboxylic acid groups (broad SMARTS) is 1. The molecule has 2 heterocycles. The molecule has 2 rings (SSSR count). The molecular formula is C8H9NO4. The molecule has 0 spiro atoms. The molecule has 1 aliphatic heterocycles. The molecular weight excluding hydrogens is 174 g/mol. The van der Waals surface area contributed by atoms with Crippen LogP contribution in [0.5, 0.6) is 0 Å². The third-order valence-corrected chi connectivity index (χ3v) is 1.99. The lowest BCUT2D eigenvalue weighted by atomic mass is 10.1. The lowest BCUT2D eigenvalue weighted by molar-refractivity contribution is -0.136. The van der Waals surface area contributed by atoms with E-state index in [0.29, 0.717) is 25.4 Å². The number of hydrogen-bond donors (Lipinski definition) is 1. The Labute approximate surface area is 74.3 Å². The number of ether oxygens (including phenoxy) is 1. The molecule has 0 bridgehead atoms. The number of fused-ring (bicyclic) bond motifs is 1. The molecule has 0 saturated carbocycles. The van der Waals surface area contributed by atoms with E-state index in [4.69, 9.17) is 14.4 Å². The number of aromatic nitrogens is 1.